The van der Waals surface area contributed by atoms with Gasteiger partial charge in [0.2, 0.25) is 5.78 Å². The largest absolute Gasteiger partial charge is 0.508 e. The summed E-state index contributed by atoms with van der Waals surface area (Å²) in [4.78, 5) is 39.9. The molecule has 0 bridgehead atoms. The number of ketones is 2. The Morgan fingerprint density at radius 1 is 1.09 bits per heavy atom. The van der Waals surface area contributed by atoms with Gasteiger partial charge in [-0.3, -0.25) is 19.3 Å². The second-order valence-corrected chi connectivity index (χ2v) is 9.06. The average molecular weight is 496 g/mol. The summed E-state index contributed by atoms with van der Waals surface area (Å²) in [5, 5.41) is 66.3. The fourth-order valence-corrected chi connectivity index (χ4v) is 5.60. The van der Waals surface area contributed by atoms with E-state index in [1.807, 2.05) is 0 Å². The fraction of sp³-hybridized carbons (Fsp3) is 0.409. The van der Waals surface area contributed by atoms with Crippen LogP contribution in [0.15, 0.2) is 35.1 Å². The van der Waals surface area contributed by atoms with Crippen LogP contribution in [0.1, 0.15) is 18.1 Å². The van der Waals surface area contributed by atoms with Crippen LogP contribution in [-0.2, 0) is 20.0 Å². The van der Waals surface area contributed by atoms with Gasteiger partial charge in [-0.05, 0) is 32.6 Å². The number of nitrogens with two attached hydrogens (primary N) is 1. The van der Waals surface area contributed by atoms with E-state index >= 15 is 0 Å². The monoisotopic (exact) mass is 496 g/mol. The number of carbonyl (C=O) groups excluding carboxylic acids is 3. The summed E-state index contributed by atoms with van der Waals surface area (Å²) < 4.78 is 0. The number of hydrogen-bond acceptors (Lipinski definition) is 10. The number of benzene rings is 1. The van der Waals surface area contributed by atoms with Gasteiger partial charge in [-0.2, -0.15) is 0 Å². The molecule has 2 unspecified atom stereocenters. The third-order valence-corrected chi connectivity index (χ3v) is 7.03. The van der Waals surface area contributed by atoms with E-state index in [4.69, 9.17) is 5.73 Å². The van der Waals surface area contributed by atoms with Crippen molar-refractivity contribution >= 4 is 23.2 Å². The van der Waals surface area contributed by atoms with Crippen LogP contribution in [0.2, 0.25) is 0 Å². The number of fused-ring (bicyclic) bond motifs is 3. The van der Waals surface area contributed by atoms with Crippen LogP contribution in [0.3, 0.4) is 0 Å². The number of rotatable bonds is 2. The number of hydrogen-bond donors (Lipinski definition) is 7. The molecule has 1 saturated carbocycles. The van der Waals surface area contributed by atoms with E-state index in [2.05, 4.69) is 0 Å². The Bertz CT molecular complexity index is 1190. The Kier molecular flexibility index (Phi) is 6.70. The van der Waals surface area contributed by atoms with E-state index in [-0.39, 0.29) is 22.1 Å². The van der Waals surface area contributed by atoms with Gasteiger partial charge in [-0.25, -0.2) is 0 Å². The Labute approximate surface area is 198 Å². The van der Waals surface area contributed by atoms with Crippen LogP contribution in [0.25, 0.3) is 5.76 Å². The SMILES string of the molecule is CN(C)[C@@H]1C(=O)C(C(N)=O)=C(O)[C@@]2(O)C(=O)C3=C(O)c4c(O)cccc4[C@@](C)(O)C3[C@H](O)C12.O.O. The van der Waals surface area contributed by atoms with Crippen LogP contribution < -0.4 is 5.73 Å². The zero-order valence-electron chi connectivity index (χ0n) is 19.0. The Morgan fingerprint density at radius 3 is 2.17 bits per heavy atom. The number of nitrogens with zero attached hydrogens (tertiary/aromatic N) is 1. The van der Waals surface area contributed by atoms with Crippen molar-refractivity contribution in [1.29, 1.82) is 0 Å². The molecule has 35 heavy (non-hydrogen) atoms. The zero-order chi connectivity index (χ0) is 24.8. The number of aromatic hydroxyl groups is 1. The number of aliphatic hydroxyl groups excluding tert-OH is 3. The number of Topliss-reactive ketones (excluding diaryl/α,β-unsaturated/α-hetero) is 2. The predicted molar refractivity (Wildman–Crippen MR) is 119 cm³/mol. The molecule has 12 N–H and O–H groups in total. The van der Waals surface area contributed by atoms with E-state index in [9.17, 15) is 45.0 Å². The molecular formula is C22H28N2O11. The molecule has 1 amide bonds. The molecule has 3 aliphatic carbocycles. The second-order valence-electron chi connectivity index (χ2n) is 9.06. The summed E-state index contributed by atoms with van der Waals surface area (Å²) >= 11 is 0. The minimum absolute atomic E-state index is 0. The molecule has 1 aromatic rings. The summed E-state index contributed by atoms with van der Waals surface area (Å²) in [5.74, 6) is -9.67. The second kappa shape index (κ2) is 8.41. The van der Waals surface area contributed by atoms with Crippen molar-refractivity contribution in [1.82, 2.24) is 4.90 Å². The summed E-state index contributed by atoms with van der Waals surface area (Å²) in [6.45, 7) is 1.25. The van der Waals surface area contributed by atoms with Gasteiger partial charge < -0.3 is 47.3 Å². The molecule has 13 heteroatoms. The van der Waals surface area contributed by atoms with Crippen molar-refractivity contribution in [3.63, 3.8) is 0 Å². The van der Waals surface area contributed by atoms with Crippen LogP contribution >= 0.6 is 0 Å². The molecule has 0 saturated heterocycles. The maximum atomic E-state index is 13.7. The predicted octanol–water partition coefficient (Wildman–Crippen LogP) is -3.05. The van der Waals surface area contributed by atoms with Gasteiger partial charge in [0.05, 0.1) is 40.7 Å². The molecule has 0 aromatic heterocycles. The van der Waals surface area contributed by atoms with E-state index < -0.39 is 81.1 Å². The van der Waals surface area contributed by atoms with Crippen molar-refractivity contribution in [3.05, 3.63) is 46.2 Å². The molecule has 1 aromatic carbocycles. The van der Waals surface area contributed by atoms with E-state index in [1.165, 1.54) is 44.1 Å². The molecule has 0 spiro atoms. The highest BCUT2D eigenvalue weighted by Crippen LogP contribution is 2.57. The van der Waals surface area contributed by atoms with Crippen LogP contribution in [0, 0.1) is 11.8 Å². The lowest BCUT2D eigenvalue weighted by atomic mass is 9.53. The number of carbonyl (C=O) groups is 3. The first-order valence-corrected chi connectivity index (χ1v) is 10.1. The average Bonchev–Trinajstić information content (AvgIpc) is 2.70. The van der Waals surface area contributed by atoms with Crippen molar-refractivity contribution in [2.75, 3.05) is 14.1 Å². The van der Waals surface area contributed by atoms with Gasteiger partial charge in [0.25, 0.3) is 5.91 Å². The molecule has 0 heterocycles. The molecule has 0 radical (unpaired) electrons. The van der Waals surface area contributed by atoms with Crippen molar-refractivity contribution in [2.24, 2.45) is 17.6 Å². The van der Waals surface area contributed by atoms with Crippen molar-refractivity contribution in [2.45, 2.75) is 30.3 Å². The quantitative estimate of drug-likeness (QED) is 0.203. The van der Waals surface area contributed by atoms with Crippen LogP contribution in [0.4, 0.5) is 0 Å². The first kappa shape index (κ1) is 27.9. The lowest BCUT2D eigenvalue weighted by Gasteiger charge is -2.55. The van der Waals surface area contributed by atoms with Gasteiger partial charge in [-0.1, -0.05) is 12.1 Å². The third kappa shape index (κ3) is 3.21. The minimum atomic E-state index is -3.02. The molecular weight excluding hydrogens is 468 g/mol. The number of phenols is 1. The number of primary amides is 1. The van der Waals surface area contributed by atoms with Gasteiger partial charge in [0, 0.05) is 0 Å². The summed E-state index contributed by atoms with van der Waals surface area (Å²) in [6, 6.07) is 2.50. The highest BCUT2D eigenvalue weighted by atomic mass is 16.4. The van der Waals surface area contributed by atoms with E-state index in [1.54, 1.807) is 0 Å². The number of phenolic OH excluding ortho intramolecular Hbond substituents is 1. The Hall–Kier alpha value is -3.33. The maximum Gasteiger partial charge on any atom is 0.255 e. The standard InChI is InChI=1S/C22H24N2O9.2H2O/c1-21(32)7-5-4-6-8(25)9(7)15(26)10-12(21)17(28)13-14(24(2)3)16(27)11(20(23)31)19(30)22(13,33)18(10)29;;/h4-6,12-14,17,25-26,28,30,32-33H,1-3H3,(H2,23,31);2*1H2/t12?,13?,14-,17-,21+,22-;;/m0../s1. The molecule has 3 aliphatic rings. The summed E-state index contributed by atoms with van der Waals surface area (Å²) in [6.07, 6.45) is -1.87. The topological polar surface area (TPSA) is 265 Å². The van der Waals surface area contributed by atoms with E-state index in [0.717, 1.165) is 0 Å². The summed E-state index contributed by atoms with van der Waals surface area (Å²) in [5.41, 5.74) is -1.78. The Morgan fingerprint density at radius 2 is 1.66 bits per heavy atom. The highest BCUT2D eigenvalue weighted by Gasteiger charge is 2.70. The summed E-state index contributed by atoms with van der Waals surface area (Å²) in [7, 11) is 2.80. The lowest BCUT2D eigenvalue weighted by molar-refractivity contribution is -0.181. The Balaban J connectivity index is 0.00000216. The minimum Gasteiger partial charge on any atom is -0.508 e. The van der Waals surface area contributed by atoms with Gasteiger partial charge in [-0.15, -0.1) is 0 Å². The smallest absolute Gasteiger partial charge is 0.255 e. The fourth-order valence-electron chi connectivity index (χ4n) is 5.60. The molecule has 192 valence electrons. The number of aliphatic hydroxyl groups is 5. The van der Waals surface area contributed by atoms with Crippen molar-refractivity contribution < 1.29 is 56.0 Å². The van der Waals surface area contributed by atoms with Crippen LogP contribution in [-0.4, -0.2) is 95.8 Å². The van der Waals surface area contributed by atoms with Gasteiger partial charge in [0.15, 0.2) is 11.4 Å². The lowest BCUT2D eigenvalue weighted by Crippen LogP contribution is -2.71. The van der Waals surface area contributed by atoms with Gasteiger partial charge >= 0.3 is 0 Å². The molecule has 4 rings (SSSR count). The van der Waals surface area contributed by atoms with E-state index in [0.29, 0.717) is 0 Å². The molecule has 0 aliphatic heterocycles. The first-order valence-electron chi connectivity index (χ1n) is 10.1. The third-order valence-electron chi connectivity index (χ3n) is 7.03. The molecule has 6 atom stereocenters. The maximum absolute atomic E-state index is 13.7. The molecule has 1 fully saturated rings. The molecule has 13 nitrogen and oxygen atoms in total. The first-order chi connectivity index (χ1) is 15.2. The normalized spacial score (nSPS) is 33.9. The van der Waals surface area contributed by atoms with Crippen LogP contribution in [0.5, 0.6) is 5.75 Å². The zero-order valence-corrected chi connectivity index (χ0v) is 19.0. The van der Waals surface area contributed by atoms with Crippen molar-refractivity contribution in [3.8, 4) is 5.75 Å². The number of amides is 1. The number of likely N-dealkylation sites (N-methyl/N-ethyl adjacent to an activating group) is 1. The highest BCUT2D eigenvalue weighted by molar-refractivity contribution is 6.24. The van der Waals surface area contributed by atoms with Gasteiger partial charge in [0.1, 0.15) is 22.8 Å².